The number of rotatable bonds is 4. The van der Waals surface area contributed by atoms with Crippen LogP contribution in [0, 0.1) is 0 Å². The van der Waals surface area contributed by atoms with Crippen LogP contribution < -0.4 is 5.46 Å². The van der Waals surface area contributed by atoms with E-state index in [1.54, 1.807) is 0 Å². The first kappa shape index (κ1) is 27.0. The standard InChI is InChI=1S/C40H34BNO2/c1-39(2)40(3,4)44-41(43-39)32-20-14-28(15-21-32)29-16-22-33(23-17-29)42-37-26-31(27-10-6-5-7-11-27)19-24-35(37)36-25-18-30-12-8-9-13-34(30)38(36)42/h5-26H,1-4H3. The summed E-state index contributed by atoms with van der Waals surface area (Å²) in [5, 5.41) is 5.02. The minimum absolute atomic E-state index is 0.355. The molecule has 7 aromatic rings. The van der Waals surface area contributed by atoms with Crippen molar-refractivity contribution in [3.8, 4) is 27.9 Å². The molecule has 1 aliphatic heterocycles. The molecule has 1 fully saturated rings. The second-order valence-electron chi connectivity index (χ2n) is 12.9. The second kappa shape index (κ2) is 9.95. The fraction of sp³-hybridized carbons (Fsp3) is 0.150. The average molecular weight is 572 g/mol. The molecule has 3 nitrogen and oxygen atoms in total. The predicted octanol–water partition coefficient (Wildman–Crippen LogP) is 9.57. The molecule has 0 N–H and O–H groups in total. The molecule has 2 heterocycles. The summed E-state index contributed by atoms with van der Waals surface area (Å²) in [6.07, 6.45) is 0. The van der Waals surface area contributed by atoms with Gasteiger partial charge in [-0.25, -0.2) is 0 Å². The van der Waals surface area contributed by atoms with Crippen molar-refractivity contribution in [3.63, 3.8) is 0 Å². The highest BCUT2D eigenvalue weighted by Crippen LogP contribution is 2.39. The molecule has 44 heavy (non-hydrogen) atoms. The molecule has 214 valence electrons. The van der Waals surface area contributed by atoms with Gasteiger partial charge in [0.15, 0.2) is 0 Å². The van der Waals surface area contributed by atoms with Crippen LogP contribution in [-0.4, -0.2) is 22.9 Å². The summed E-state index contributed by atoms with van der Waals surface area (Å²) < 4.78 is 15.0. The van der Waals surface area contributed by atoms with E-state index in [0.717, 1.165) is 16.7 Å². The van der Waals surface area contributed by atoms with Crippen LogP contribution in [0.3, 0.4) is 0 Å². The highest BCUT2D eigenvalue weighted by molar-refractivity contribution is 6.62. The Morgan fingerprint density at radius 2 is 1.07 bits per heavy atom. The van der Waals surface area contributed by atoms with E-state index in [9.17, 15) is 0 Å². The Morgan fingerprint density at radius 1 is 0.500 bits per heavy atom. The molecule has 0 bridgehead atoms. The minimum atomic E-state index is -0.359. The number of nitrogens with zero attached hydrogens (tertiary/aromatic N) is 1. The summed E-state index contributed by atoms with van der Waals surface area (Å²) in [4.78, 5) is 0. The van der Waals surface area contributed by atoms with E-state index in [1.165, 1.54) is 49.3 Å². The SMILES string of the molecule is CC1(C)OB(c2ccc(-c3ccc(-n4c5cc(-c6ccccc6)ccc5c5ccc6ccccc6c54)cc3)cc2)OC1(C)C. The number of aromatic nitrogens is 1. The van der Waals surface area contributed by atoms with Crippen LogP contribution in [0.4, 0.5) is 0 Å². The maximum absolute atomic E-state index is 6.27. The molecule has 0 atom stereocenters. The summed E-state index contributed by atoms with van der Waals surface area (Å²) >= 11 is 0. The number of benzene rings is 6. The third-order valence-electron chi connectivity index (χ3n) is 9.66. The summed E-state index contributed by atoms with van der Waals surface area (Å²) in [6.45, 7) is 8.35. The molecule has 1 saturated heterocycles. The highest BCUT2D eigenvalue weighted by atomic mass is 16.7. The van der Waals surface area contributed by atoms with E-state index in [4.69, 9.17) is 9.31 Å². The first-order chi connectivity index (χ1) is 21.3. The smallest absolute Gasteiger partial charge is 0.399 e. The largest absolute Gasteiger partial charge is 0.494 e. The van der Waals surface area contributed by atoms with Crippen LogP contribution in [0.15, 0.2) is 133 Å². The van der Waals surface area contributed by atoms with Gasteiger partial charge in [0, 0.05) is 21.8 Å². The van der Waals surface area contributed by atoms with Crippen LogP contribution in [0.1, 0.15) is 27.7 Å². The van der Waals surface area contributed by atoms with Gasteiger partial charge in [0.1, 0.15) is 0 Å². The summed E-state index contributed by atoms with van der Waals surface area (Å²) in [6, 6.07) is 48.2. The molecule has 0 amide bonds. The number of hydrogen-bond donors (Lipinski definition) is 0. The van der Waals surface area contributed by atoms with Crippen molar-refractivity contribution in [2.24, 2.45) is 0 Å². The van der Waals surface area contributed by atoms with Crippen molar-refractivity contribution in [3.05, 3.63) is 133 Å². The number of hydrogen-bond acceptors (Lipinski definition) is 2. The lowest BCUT2D eigenvalue weighted by atomic mass is 9.78. The molecule has 0 aliphatic carbocycles. The Morgan fingerprint density at radius 3 is 1.77 bits per heavy atom. The van der Waals surface area contributed by atoms with Crippen LogP contribution in [0.25, 0.3) is 60.5 Å². The Kier molecular flexibility index (Phi) is 6.10. The van der Waals surface area contributed by atoms with Crippen molar-refractivity contribution in [2.75, 3.05) is 0 Å². The third-order valence-corrected chi connectivity index (χ3v) is 9.66. The Hall–Kier alpha value is -4.64. The lowest BCUT2D eigenvalue weighted by Gasteiger charge is -2.32. The van der Waals surface area contributed by atoms with Gasteiger partial charge in [-0.1, -0.05) is 115 Å². The second-order valence-corrected chi connectivity index (χ2v) is 12.9. The first-order valence-corrected chi connectivity index (χ1v) is 15.4. The van der Waals surface area contributed by atoms with Crippen LogP contribution >= 0.6 is 0 Å². The summed E-state index contributed by atoms with van der Waals surface area (Å²) in [5.41, 5.74) is 8.68. The summed E-state index contributed by atoms with van der Waals surface area (Å²) in [5.74, 6) is 0. The molecule has 4 heteroatoms. The maximum atomic E-state index is 6.27. The van der Waals surface area contributed by atoms with Gasteiger partial charge in [0.2, 0.25) is 0 Å². The van der Waals surface area contributed by atoms with Gasteiger partial charge in [-0.3, -0.25) is 0 Å². The van der Waals surface area contributed by atoms with Gasteiger partial charge in [-0.2, -0.15) is 0 Å². The Bertz CT molecular complexity index is 2140. The van der Waals surface area contributed by atoms with Crippen molar-refractivity contribution in [1.82, 2.24) is 4.57 Å². The van der Waals surface area contributed by atoms with Crippen molar-refractivity contribution in [2.45, 2.75) is 38.9 Å². The predicted molar refractivity (Wildman–Crippen MR) is 185 cm³/mol. The van der Waals surface area contributed by atoms with Gasteiger partial charge < -0.3 is 13.9 Å². The molecule has 8 rings (SSSR count). The van der Waals surface area contributed by atoms with Gasteiger partial charge in [-0.05, 0) is 79.0 Å². The maximum Gasteiger partial charge on any atom is 0.494 e. The molecule has 0 spiro atoms. The van der Waals surface area contributed by atoms with Gasteiger partial charge in [-0.15, -0.1) is 0 Å². The lowest BCUT2D eigenvalue weighted by molar-refractivity contribution is 0.00578. The van der Waals surface area contributed by atoms with Crippen LogP contribution in [0.2, 0.25) is 0 Å². The molecular formula is C40H34BNO2. The van der Waals surface area contributed by atoms with Gasteiger partial charge in [0.25, 0.3) is 0 Å². The molecule has 0 saturated carbocycles. The van der Waals surface area contributed by atoms with Crippen LogP contribution in [-0.2, 0) is 9.31 Å². The lowest BCUT2D eigenvalue weighted by Crippen LogP contribution is -2.41. The zero-order valence-corrected chi connectivity index (χ0v) is 25.5. The quantitative estimate of drug-likeness (QED) is 0.197. The molecule has 0 unspecified atom stereocenters. The van der Waals surface area contributed by atoms with Gasteiger partial charge in [0.05, 0.1) is 22.2 Å². The fourth-order valence-corrected chi connectivity index (χ4v) is 6.47. The minimum Gasteiger partial charge on any atom is -0.399 e. The zero-order chi connectivity index (χ0) is 30.1. The van der Waals surface area contributed by atoms with E-state index < -0.39 is 0 Å². The fourth-order valence-electron chi connectivity index (χ4n) is 6.47. The molecule has 1 aromatic heterocycles. The van der Waals surface area contributed by atoms with E-state index in [2.05, 4.69) is 166 Å². The van der Waals surface area contributed by atoms with Crippen molar-refractivity contribution in [1.29, 1.82) is 0 Å². The Labute approximate surface area is 258 Å². The van der Waals surface area contributed by atoms with E-state index in [1.807, 2.05) is 0 Å². The van der Waals surface area contributed by atoms with Crippen molar-refractivity contribution >= 4 is 45.2 Å². The monoisotopic (exact) mass is 571 g/mol. The van der Waals surface area contributed by atoms with Gasteiger partial charge >= 0.3 is 7.12 Å². The van der Waals surface area contributed by atoms with Crippen LogP contribution in [0.5, 0.6) is 0 Å². The third kappa shape index (κ3) is 4.29. The first-order valence-electron chi connectivity index (χ1n) is 15.4. The van der Waals surface area contributed by atoms with Crippen molar-refractivity contribution < 1.29 is 9.31 Å². The molecular weight excluding hydrogens is 537 g/mol. The normalized spacial score (nSPS) is 15.9. The zero-order valence-electron chi connectivity index (χ0n) is 25.5. The number of fused-ring (bicyclic) bond motifs is 5. The Balaban J connectivity index is 1.22. The summed E-state index contributed by atoms with van der Waals surface area (Å²) in [7, 11) is -0.359. The van der Waals surface area contributed by atoms with E-state index >= 15 is 0 Å². The molecule has 1 aliphatic rings. The molecule has 6 aromatic carbocycles. The topological polar surface area (TPSA) is 23.4 Å². The highest BCUT2D eigenvalue weighted by Gasteiger charge is 2.51. The van der Waals surface area contributed by atoms with E-state index in [0.29, 0.717) is 0 Å². The van der Waals surface area contributed by atoms with E-state index in [-0.39, 0.29) is 18.3 Å². The molecule has 0 radical (unpaired) electrons. The average Bonchev–Trinajstić information content (AvgIpc) is 3.50.